The standard InChI is InChI=1S/C25H26O5/c1-2-25(26)30-19-17-27-16-18-29-24-13-12-23(21-10-6-7-11-22(21)24)28-15-14-20-8-4-3-5-9-20/h2-13H,1,14-19H2. The zero-order valence-electron chi connectivity index (χ0n) is 16.9. The van der Waals surface area contributed by atoms with E-state index in [0.29, 0.717) is 26.4 Å². The average molecular weight is 406 g/mol. The minimum absolute atomic E-state index is 0.197. The molecule has 0 amide bonds. The fourth-order valence-electron chi connectivity index (χ4n) is 2.99. The smallest absolute Gasteiger partial charge is 0.330 e. The minimum atomic E-state index is -0.451. The van der Waals surface area contributed by atoms with Crippen LogP contribution < -0.4 is 9.47 Å². The highest BCUT2D eigenvalue weighted by Gasteiger charge is 2.08. The van der Waals surface area contributed by atoms with Gasteiger partial charge in [-0.25, -0.2) is 4.79 Å². The predicted molar refractivity (Wildman–Crippen MR) is 117 cm³/mol. The van der Waals surface area contributed by atoms with Crippen LogP contribution in [-0.4, -0.2) is 39.0 Å². The fraction of sp³-hybridized carbons (Fsp3) is 0.240. The van der Waals surface area contributed by atoms with E-state index in [9.17, 15) is 4.79 Å². The summed E-state index contributed by atoms with van der Waals surface area (Å²) in [4.78, 5) is 10.9. The van der Waals surface area contributed by atoms with Crippen LogP contribution in [0.4, 0.5) is 0 Å². The molecule has 0 aliphatic rings. The van der Waals surface area contributed by atoms with E-state index < -0.39 is 5.97 Å². The molecule has 0 aliphatic carbocycles. The van der Waals surface area contributed by atoms with E-state index in [4.69, 9.17) is 18.9 Å². The molecule has 0 saturated heterocycles. The summed E-state index contributed by atoms with van der Waals surface area (Å²) >= 11 is 0. The van der Waals surface area contributed by atoms with Gasteiger partial charge < -0.3 is 18.9 Å². The average Bonchev–Trinajstić information content (AvgIpc) is 2.80. The lowest BCUT2D eigenvalue weighted by Crippen LogP contribution is -2.12. The lowest BCUT2D eigenvalue weighted by molar-refractivity contribution is -0.139. The van der Waals surface area contributed by atoms with Gasteiger partial charge in [-0.15, -0.1) is 0 Å². The molecule has 30 heavy (non-hydrogen) atoms. The number of esters is 1. The Morgan fingerprint density at radius 1 is 0.733 bits per heavy atom. The number of hydrogen-bond donors (Lipinski definition) is 0. The molecule has 3 rings (SSSR count). The SMILES string of the molecule is C=CC(=O)OCCOCCOc1ccc(OCCc2ccccc2)c2ccccc12. The summed E-state index contributed by atoms with van der Waals surface area (Å²) in [5.41, 5.74) is 1.25. The zero-order chi connectivity index (χ0) is 21.0. The predicted octanol–water partition coefficient (Wildman–Crippen LogP) is 4.59. The molecule has 156 valence electrons. The number of rotatable bonds is 12. The molecule has 0 aromatic heterocycles. The Hall–Kier alpha value is -3.31. The molecular formula is C25H26O5. The third-order valence-corrected chi connectivity index (χ3v) is 4.46. The van der Waals surface area contributed by atoms with Gasteiger partial charge in [-0.3, -0.25) is 0 Å². The molecule has 5 heteroatoms. The zero-order valence-corrected chi connectivity index (χ0v) is 16.9. The van der Waals surface area contributed by atoms with Crippen LogP contribution in [0.2, 0.25) is 0 Å². The highest BCUT2D eigenvalue weighted by molar-refractivity contribution is 5.93. The van der Waals surface area contributed by atoms with Crippen molar-refractivity contribution in [2.24, 2.45) is 0 Å². The number of carbonyl (C=O) groups is 1. The van der Waals surface area contributed by atoms with Crippen LogP contribution in [-0.2, 0) is 20.7 Å². The van der Waals surface area contributed by atoms with E-state index in [0.717, 1.165) is 34.8 Å². The third-order valence-electron chi connectivity index (χ3n) is 4.46. The molecule has 0 bridgehead atoms. The van der Waals surface area contributed by atoms with E-state index in [1.165, 1.54) is 5.56 Å². The molecule has 0 radical (unpaired) electrons. The first kappa shape index (κ1) is 21.4. The molecule has 0 unspecified atom stereocenters. The van der Waals surface area contributed by atoms with E-state index in [1.54, 1.807) is 0 Å². The van der Waals surface area contributed by atoms with Crippen LogP contribution in [0.5, 0.6) is 11.5 Å². The first-order valence-corrected chi connectivity index (χ1v) is 9.96. The molecule has 0 fully saturated rings. The van der Waals surface area contributed by atoms with Crippen LogP contribution >= 0.6 is 0 Å². The van der Waals surface area contributed by atoms with E-state index in [1.807, 2.05) is 54.6 Å². The molecule has 3 aromatic rings. The number of ether oxygens (including phenoxy) is 4. The first-order valence-electron chi connectivity index (χ1n) is 9.96. The number of benzene rings is 3. The molecular weight excluding hydrogens is 380 g/mol. The molecule has 0 heterocycles. The van der Waals surface area contributed by atoms with Crippen molar-refractivity contribution in [3.63, 3.8) is 0 Å². The van der Waals surface area contributed by atoms with Gasteiger partial charge in [0.25, 0.3) is 0 Å². The Kier molecular flexibility index (Phi) is 8.30. The Morgan fingerprint density at radius 2 is 1.33 bits per heavy atom. The summed E-state index contributed by atoms with van der Waals surface area (Å²) in [6.07, 6.45) is 1.98. The van der Waals surface area contributed by atoms with Gasteiger partial charge in [-0.1, -0.05) is 61.2 Å². The topological polar surface area (TPSA) is 54.0 Å². The first-order chi connectivity index (χ1) is 14.8. The van der Waals surface area contributed by atoms with Crippen molar-refractivity contribution in [3.05, 3.63) is 84.9 Å². The van der Waals surface area contributed by atoms with Crippen molar-refractivity contribution in [2.75, 3.05) is 33.0 Å². The van der Waals surface area contributed by atoms with Gasteiger partial charge in [0.15, 0.2) is 0 Å². The third kappa shape index (κ3) is 6.36. The molecule has 5 nitrogen and oxygen atoms in total. The highest BCUT2D eigenvalue weighted by Crippen LogP contribution is 2.33. The van der Waals surface area contributed by atoms with Crippen molar-refractivity contribution >= 4 is 16.7 Å². The summed E-state index contributed by atoms with van der Waals surface area (Å²) in [6, 6.07) is 22.2. The molecule has 0 N–H and O–H groups in total. The van der Waals surface area contributed by atoms with Crippen LogP contribution in [0.3, 0.4) is 0 Å². The largest absolute Gasteiger partial charge is 0.493 e. The summed E-state index contributed by atoms with van der Waals surface area (Å²) in [6.45, 7) is 5.26. The Morgan fingerprint density at radius 3 is 2.00 bits per heavy atom. The van der Waals surface area contributed by atoms with Gasteiger partial charge in [0.1, 0.15) is 24.7 Å². The second kappa shape index (κ2) is 11.6. The summed E-state index contributed by atoms with van der Waals surface area (Å²) in [5.74, 6) is 1.17. The lowest BCUT2D eigenvalue weighted by Gasteiger charge is -2.14. The maximum absolute atomic E-state index is 10.9. The molecule has 0 saturated carbocycles. The van der Waals surface area contributed by atoms with Crippen molar-refractivity contribution in [2.45, 2.75) is 6.42 Å². The Labute approximate surface area is 176 Å². The van der Waals surface area contributed by atoms with E-state index in [2.05, 4.69) is 18.7 Å². The number of carbonyl (C=O) groups excluding carboxylic acids is 1. The summed E-state index contributed by atoms with van der Waals surface area (Å²) in [5, 5.41) is 2.01. The maximum Gasteiger partial charge on any atom is 0.330 e. The Balaban J connectivity index is 1.51. The van der Waals surface area contributed by atoms with Crippen molar-refractivity contribution in [1.82, 2.24) is 0 Å². The highest BCUT2D eigenvalue weighted by atomic mass is 16.6. The Bertz CT molecular complexity index is 952. The second-order valence-corrected chi connectivity index (χ2v) is 6.52. The van der Waals surface area contributed by atoms with Gasteiger partial charge in [0.2, 0.25) is 0 Å². The van der Waals surface area contributed by atoms with Crippen molar-refractivity contribution < 1.29 is 23.7 Å². The van der Waals surface area contributed by atoms with Crippen molar-refractivity contribution in [3.8, 4) is 11.5 Å². The maximum atomic E-state index is 10.9. The normalized spacial score (nSPS) is 10.5. The molecule has 3 aromatic carbocycles. The van der Waals surface area contributed by atoms with Gasteiger partial charge >= 0.3 is 5.97 Å². The van der Waals surface area contributed by atoms with E-state index >= 15 is 0 Å². The van der Waals surface area contributed by atoms with Gasteiger partial charge in [-0.05, 0) is 17.7 Å². The lowest BCUT2D eigenvalue weighted by atomic mass is 10.1. The monoisotopic (exact) mass is 406 g/mol. The number of fused-ring (bicyclic) bond motifs is 1. The van der Waals surface area contributed by atoms with Crippen LogP contribution in [0.1, 0.15) is 5.56 Å². The van der Waals surface area contributed by atoms with Gasteiger partial charge in [0.05, 0.1) is 19.8 Å². The second-order valence-electron chi connectivity index (χ2n) is 6.52. The van der Waals surface area contributed by atoms with E-state index in [-0.39, 0.29) is 6.61 Å². The van der Waals surface area contributed by atoms with Crippen LogP contribution in [0.25, 0.3) is 10.8 Å². The quantitative estimate of drug-likeness (QED) is 0.250. The van der Waals surface area contributed by atoms with Crippen LogP contribution in [0, 0.1) is 0 Å². The molecule has 0 spiro atoms. The minimum Gasteiger partial charge on any atom is -0.493 e. The molecule has 0 aliphatic heterocycles. The number of hydrogen-bond acceptors (Lipinski definition) is 5. The summed E-state index contributed by atoms with van der Waals surface area (Å²) in [7, 11) is 0. The fourth-order valence-corrected chi connectivity index (χ4v) is 2.99. The van der Waals surface area contributed by atoms with Crippen LogP contribution in [0.15, 0.2) is 79.4 Å². The van der Waals surface area contributed by atoms with Gasteiger partial charge in [0, 0.05) is 23.3 Å². The van der Waals surface area contributed by atoms with Gasteiger partial charge in [-0.2, -0.15) is 0 Å². The van der Waals surface area contributed by atoms with Crippen molar-refractivity contribution in [1.29, 1.82) is 0 Å². The molecule has 0 atom stereocenters. The summed E-state index contributed by atoms with van der Waals surface area (Å²) < 4.78 is 22.2.